The summed E-state index contributed by atoms with van der Waals surface area (Å²) in [4.78, 5) is 24.6. The second-order valence-electron chi connectivity index (χ2n) is 4.84. The molecule has 0 saturated carbocycles. The van der Waals surface area contributed by atoms with E-state index in [1.807, 2.05) is 31.4 Å². The van der Waals surface area contributed by atoms with Gasteiger partial charge >= 0.3 is 0 Å². The van der Waals surface area contributed by atoms with Crippen LogP contribution in [0.3, 0.4) is 0 Å². The smallest absolute Gasteiger partial charge is 0.255 e. The maximum Gasteiger partial charge on any atom is 0.255 e. The van der Waals surface area contributed by atoms with E-state index in [1.165, 1.54) is 6.92 Å². The maximum absolute atomic E-state index is 12.3. The molecular weight excluding hydrogens is 296 g/mol. The molecule has 22 heavy (non-hydrogen) atoms. The largest absolute Gasteiger partial charge is 0.326 e. The number of carbonyl (C=O) groups is 2. The summed E-state index contributed by atoms with van der Waals surface area (Å²) in [6.45, 7) is 3.32. The van der Waals surface area contributed by atoms with Gasteiger partial charge < -0.3 is 10.6 Å². The van der Waals surface area contributed by atoms with Gasteiger partial charge in [-0.05, 0) is 55.1 Å². The van der Waals surface area contributed by atoms with Crippen LogP contribution in [0.15, 0.2) is 47.4 Å². The van der Waals surface area contributed by atoms with Gasteiger partial charge in [-0.15, -0.1) is 11.8 Å². The van der Waals surface area contributed by atoms with Crippen molar-refractivity contribution in [2.24, 2.45) is 0 Å². The van der Waals surface area contributed by atoms with Crippen LogP contribution in [0.5, 0.6) is 0 Å². The second-order valence-corrected chi connectivity index (χ2v) is 5.72. The number of carbonyl (C=O) groups excluding carboxylic acids is 2. The van der Waals surface area contributed by atoms with Crippen molar-refractivity contribution >= 4 is 35.0 Å². The predicted octanol–water partition coefficient (Wildman–Crippen LogP) is 3.93. The number of nitrogens with one attached hydrogen (secondary N) is 2. The van der Waals surface area contributed by atoms with Gasteiger partial charge in [0.15, 0.2) is 0 Å². The lowest BCUT2D eigenvalue weighted by molar-refractivity contribution is -0.114. The molecule has 5 heteroatoms. The van der Waals surface area contributed by atoms with Gasteiger partial charge in [0, 0.05) is 28.8 Å². The molecular formula is C17H18N2O2S. The maximum atomic E-state index is 12.3. The number of hydrogen-bond acceptors (Lipinski definition) is 3. The van der Waals surface area contributed by atoms with Crippen LogP contribution in [-0.2, 0) is 4.79 Å². The van der Waals surface area contributed by atoms with Gasteiger partial charge in [0.05, 0.1) is 0 Å². The van der Waals surface area contributed by atoms with Crippen LogP contribution in [0.25, 0.3) is 0 Å². The van der Waals surface area contributed by atoms with E-state index in [4.69, 9.17) is 0 Å². The second kappa shape index (κ2) is 7.13. The van der Waals surface area contributed by atoms with E-state index in [1.54, 1.807) is 36.0 Å². The Morgan fingerprint density at radius 1 is 0.955 bits per heavy atom. The zero-order chi connectivity index (χ0) is 16.1. The summed E-state index contributed by atoms with van der Waals surface area (Å²) >= 11 is 1.63. The van der Waals surface area contributed by atoms with Crippen molar-refractivity contribution < 1.29 is 9.59 Å². The normalized spacial score (nSPS) is 10.1. The van der Waals surface area contributed by atoms with Gasteiger partial charge in [0.25, 0.3) is 5.91 Å². The number of rotatable bonds is 4. The molecule has 0 unspecified atom stereocenters. The summed E-state index contributed by atoms with van der Waals surface area (Å²) in [7, 11) is 0. The monoisotopic (exact) mass is 314 g/mol. The molecule has 0 heterocycles. The molecule has 2 aromatic rings. The fourth-order valence-electron chi connectivity index (χ4n) is 2.03. The minimum absolute atomic E-state index is 0.140. The summed E-state index contributed by atoms with van der Waals surface area (Å²) in [5, 5.41) is 5.63. The molecule has 0 spiro atoms. The Hall–Kier alpha value is -2.27. The average Bonchev–Trinajstić information content (AvgIpc) is 2.51. The van der Waals surface area contributed by atoms with E-state index in [-0.39, 0.29) is 11.8 Å². The topological polar surface area (TPSA) is 58.2 Å². The van der Waals surface area contributed by atoms with Gasteiger partial charge in [-0.3, -0.25) is 9.59 Å². The minimum atomic E-state index is -0.171. The van der Waals surface area contributed by atoms with Crippen LogP contribution >= 0.6 is 11.8 Å². The van der Waals surface area contributed by atoms with Gasteiger partial charge in [-0.1, -0.05) is 6.07 Å². The first kappa shape index (κ1) is 16.1. The molecule has 4 nitrogen and oxygen atoms in total. The van der Waals surface area contributed by atoms with Crippen LogP contribution in [0.4, 0.5) is 11.4 Å². The lowest BCUT2D eigenvalue weighted by atomic mass is 10.1. The molecule has 2 amide bonds. The Morgan fingerprint density at radius 2 is 1.55 bits per heavy atom. The quantitative estimate of drug-likeness (QED) is 0.841. The molecule has 0 aliphatic heterocycles. The molecule has 0 aliphatic rings. The van der Waals surface area contributed by atoms with Gasteiger partial charge in [0.1, 0.15) is 0 Å². The SMILES string of the molecule is CSc1ccc(C(=O)Nc2cccc(NC(C)=O)c2C)cc1. The van der Waals surface area contributed by atoms with Crippen LogP contribution in [0, 0.1) is 6.92 Å². The van der Waals surface area contributed by atoms with E-state index in [0.717, 1.165) is 10.5 Å². The first-order chi connectivity index (χ1) is 10.5. The fraction of sp³-hybridized carbons (Fsp3) is 0.176. The molecule has 0 saturated heterocycles. The molecule has 114 valence electrons. The van der Waals surface area contributed by atoms with Crippen LogP contribution in [0.1, 0.15) is 22.8 Å². The zero-order valence-corrected chi connectivity index (χ0v) is 13.6. The first-order valence-electron chi connectivity index (χ1n) is 6.84. The Balaban J connectivity index is 2.18. The van der Waals surface area contributed by atoms with Crippen LogP contribution in [-0.4, -0.2) is 18.1 Å². The van der Waals surface area contributed by atoms with Crippen molar-refractivity contribution in [2.45, 2.75) is 18.7 Å². The van der Waals surface area contributed by atoms with Crippen molar-refractivity contribution in [3.63, 3.8) is 0 Å². The average molecular weight is 314 g/mol. The van der Waals surface area contributed by atoms with E-state index < -0.39 is 0 Å². The fourth-order valence-corrected chi connectivity index (χ4v) is 2.44. The van der Waals surface area contributed by atoms with Crippen molar-refractivity contribution in [1.82, 2.24) is 0 Å². The minimum Gasteiger partial charge on any atom is -0.326 e. The molecule has 0 atom stereocenters. The van der Waals surface area contributed by atoms with Crippen LogP contribution < -0.4 is 10.6 Å². The van der Waals surface area contributed by atoms with E-state index in [9.17, 15) is 9.59 Å². The van der Waals surface area contributed by atoms with Gasteiger partial charge in [0.2, 0.25) is 5.91 Å². The third-order valence-corrected chi connectivity index (χ3v) is 3.99. The van der Waals surface area contributed by atoms with Gasteiger partial charge in [-0.2, -0.15) is 0 Å². The summed E-state index contributed by atoms with van der Waals surface area (Å²) in [5.41, 5.74) is 2.81. The van der Waals surface area contributed by atoms with Crippen molar-refractivity contribution in [1.29, 1.82) is 0 Å². The number of hydrogen-bond donors (Lipinski definition) is 2. The summed E-state index contributed by atoms with van der Waals surface area (Å²) in [6, 6.07) is 12.8. The highest BCUT2D eigenvalue weighted by Gasteiger charge is 2.10. The Morgan fingerprint density at radius 3 is 2.09 bits per heavy atom. The molecule has 0 aromatic heterocycles. The van der Waals surface area contributed by atoms with E-state index in [2.05, 4.69) is 10.6 Å². The predicted molar refractivity (Wildman–Crippen MR) is 91.7 cm³/mol. The Kier molecular flexibility index (Phi) is 5.22. The highest BCUT2D eigenvalue weighted by Crippen LogP contribution is 2.24. The standard InChI is InChI=1S/C17H18N2O2S/c1-11-15(18-12(2)20)5-4-6-16(11)19-17(21)13-7-9-14(22-3)10-8-13/h4-10H,1-3H3,(H,18,20)(H,19,21). The molecule has 2 N–H and O–H groups in total. The Bertz CT molecular complexity index is 696. The third kappa shape index (κ3) is 3.89. The number of benzene rings is 2. The number of thioether (sulfide) groups is 1. The highest BCUT2D eigenvalue weighted by atomic mass is 32.2. The van der Waals surface area contributed by atoms with E-state index >= 15 is 0 Å². The Labute approximate surface area is 134 Å². The van der Waals surface area contributed by atoms with E-state index in [0.29, 0.717) is 16.9 Å². The highest BCUT2D eigenvalue weighted by molar-refractivity contribution is 7.98. The first-order valence-corrected chi connectivity index (χ1v) is 8.06. The number of amides is 2. The molecule has 0 radical (unpaired) electrons. The third-order valence-electron chi connectivity index (χ3n) is 3.24. The molecule has 2 aromatic carbocycles. The summed E-state index contributed by atoms with van der Waals surface area (Å²) < 4.78 is 0. The molecule has 0 aliphatic carbocycles. The van der Waals surface area contributed by atoms with Crippen molar-refractivity contribution in [2.75, 3.05) is 16.9 Å². The van der Waals surface area contributed by atoms with Crippen molar-refractivity contribution in [3.05, 3.63) is 53.6 Å². The lowest BCUT2D eigenvalue weighted by Crippen LogP contribution is -2.14. The number of anilines is 2. The molecule has 0 fully saturated rings. The van der Waals surface area contributed by atoms with Crippen LogP contribution in [0.2, 0.25) is 0 Å². The summed E-state index contributed by atoms with van der Waals surface area (Å²) in [6.07, 6.45) is 1.99. The zero-order valence-electron chi connectivity index (χ0n) is 12.8. The molecule has 0 bridgehead atoms. The lowest BCUT2D eigenvalue weighted by Gasteiger charge is -2.13. The van der Waals surface area contributed by atoms with Gasteiger partial charge in [-0.25, -0.2) is 0 Å². The van der Waals surface area contributed by atoms with Crippen molar-refractivity contribution in [3.8, 4) is 0 Å². The summed E-state index contributed by atoms with van der Waals surface area (Å²) in [5.74, 6) is -0.310. The molecule has 2 rings (SSSR count).